The van der Waals surface area contributed by atoms with E-state index in [9.17, 15) is 14.4 Å². The highest BCUT2D eigenvalue weighted by Gasteiger charge is 2.27. The normalized spacial score (nSPS) is 17.2. The van der Waals surface area contributed by atoms with Crippen LogP contribution in [0.1, 0.15) is 38.8 Å². The summed E-state index contributed by atoms with van der Waals surface area (Å²) in [6.07, 6.45) is 2.01. The van der Waals surface area contributed by atoms with Crippen molar-refractivity contribution in [2.24, 2.45) is 5.92 Å². The van der Waals surface area contributed by atoms with Crippen LogP contribution in [0, 0.1) is 5.92 Å². The van der Waals surface area contributed by atoms with Gasteiger partial charge in [-0.1, -0.05) is 13.8 Å². The predicted molar refractivity (Wildman–Crippen MR) is 88.1 cm³/mol. The first-order valence-corrected chi connectivity index (χ1v) is 8.63. The average Bonchev–Trinajstić information content (AvgIpc) is 3.07. The smallest absolute Gasteiger partial charge is 0.248 e. The minimum absolute atomic E-state index is 0.0723. The molecule has 1 aromatic rings. The molecule has 0 saturated carbocycles. The van der Waals surface area contributed by atoms with Crippen LogP contribution in [0.25, 0.3) is 0 Å². The summed E-state index contributed by atoms with van der Waals surface area (Å²) in [5, 5.41) is 10.3. The number of rotatable bonds is 7. The Hall–Kier alpha value is -1.96. The predicted octanol–water partition coefficient (Wildman–Crippen LogP) is 1.06. The Morgan fingerprint density at radius 2 is 2.26 bits per heavy atom. The maximum Gasteiger partial charge on any atom is 0.248 e. The number of hydrogen-bond donors (Lipinski definition) is 3. The molecule has 1 saturated heterocycles. The third-order valence-electron chi connectivity index (χ3n) is 3.48. The number of nitrogens with one attached hydrogen (secondary N) is 3. The molecule has 2 heterocycles. The fourth-order valence-corrected chi connectivity index (χ4v) is 2.89. The Labute approximate surface area is 139 Å². The highest BCUT2D eigenvalue weighted by Crippen LogP contribution is 2.17. The van der Waals surface area contributed by atoms with E-state index in [0.717, 1.165) is 6.42 Å². The van der Waals surface area contributed by atoms with E-state index in [0.29, 0.717) is 36.1 Å². The van der Waals surface area contributed by atoms with Gasteiger partial charge in [0.05, 0.1) is 12.1 Å². The van der Waals surface area contributed by atoms with Crippen LogP contribution < -0.4 is 16.0 Å². The van der Waals surface area contributed by atoms with Crippen molar-refractivity contribution in [2.75, 3.05) is 11.9 Å². The molecule has 0 bridgehead atoms. The molecule has 1 fully saturated rings. The highest BCUT2D eigenvalue weighted by atomic mass is 32.1. The molecule has 7 nitrogen and oxygen atoms in total. The van der Waals surface area contributed by atoms with Crippen molar-refractivity contribution in [1.82, 2.24) is 15.6 Å². The Morgan fingerprint density at radius 3 is 2.91 bits per heavy atom. The minimum Gasteiger partial charge on any atom is -0.356 e. The van der Waals surface area contributed by atoms with E-state index in [-0.39, 0.29) is 24.1 Å². The molecule has 1 atom stereocenters. The van der Waals surface area contributed by atoms with Crippen LogP contribution in [-0.2, 0) is 20.8 Å². The molecule has 3 N–H and O–H groups in total. The molecule has 1 aliphatic rings. The van der Waals surface area contributed by atoms with Crippen molar-refractivity contribution < 1.29 is 14.4 Å². The van der Waals surface area contributed by atoms with E-state index >= 15 is 0 Å². The van der Waals surface area contributed by atoms with Gasteiger partial charge in [-0.2, -0.15) is 0 Å². The van der Waals surface area contributed by atoms with Gasteiger partial charge < -0.3 is 16.0 Å². The highest BCUT2D eigenvalue weighted by molar-refractivity contribution is 7.13. The van der Waals surface area contributed by atoms with Crippen LogP contribution in [0.5, 0.6) is 0 Å². The summed E-state index contributed by atoms with van der Waals surface area (Å²) in [6.45, 7) is 4.87. The summed E-state index contributed by atoms with van der Waals surface area (Å²) in [5.41, 5.74) is 0.628. The monoisotopic (exact) mass is 338 g/mol. The number of aromatic nitrogens is 1. The molecule has 0 spiro atoms. The first kappa shape index (κ1) is 17.4. The molecular weight excluding hydrogens is 316 g/mol. The van der Waals surface area contributed by atoms with Crippen LogP contribution in [0.15, 0.2) is 5.38 Å². The molecule has 1 unspecified atom stereocenters. The summed E-state index contributed by atoms with van der Waals surface area (Å²) in [5.74, 6) is 0.102. The fraction of sp³-hybridized carbons (Fsp3) is 0.600. The van der Waals surface area contributed by atoms with E-state index in [1.165, 1.54) is 11.3 Å². The van der Waals surface area contributed by atoms with Crippen molar-refractivity contribution >= 4 is 34.2 Å². The zero-order valence-electron chi connectivity index (χ0n) is 13.3. The second kappa shape index (κ2) is 8.05. The van der Waals surface area contributed by atoms with Gasteiger partial charge in [0.25, 0.3) is 0 Å². The number of nitrogens with zero attached hydrogens (tertiary/aromatic N) is 1. The van der Waals surface area contributed by atoms with Crippen LogP contribution >= 0.6 is 11.3 Å². The maximum absolute atomic E-state index is 12.0. The molecular formula is C15H22N4O3S. The first-order chi connectivity index (χ1) is 10.9. The van der Waals surface area contributed by atoms with Gasteiger partial charge >= 0.3 is 0 Å². The lowest BCUT2D eigenvalue weighted by Crippen LogP contribution is -2.37. The average molecular weight is 338 g/mol. The minimum atomic E-state index is -0.491. The summed E-state index contributed by atoms with van der Waals surface area (Å²) >= 11 is 1.27. The van der Waals surface area contributed by atoms with Crippen molar-refractivity contribution in [3.8, 4) is 0 Å². The fourth-order valence-electron chi connectivity index (χ4n) is 2.18. The Kier molecular flexibility index (Phi) is 6.09. The van der Waals surface area contributed by atoms with Crippen molar-refractivity contribution in [3.05, 3.63) is 11.1 Å². The van der Waals surface area contributed by atoms with Crippen molar-refractivity contribution in [3.63, 3.8) is 0 Å². The first-order valence-electron chi connectivity index (χ1n) is 7.75. The number of amides is 3. The van der Waals surface area contributed by atoms with Crippen LogP contribution in [0.2, 0.25) is 0 Å². The lowest BCUT2D eigenvalue weighted by atomic mass is 10.1. The third-order valence-corrected chi connectivity index (χ3v) is 4.29. The number of thiazole rings is 1. The third kappa shape index (κ3) is 5.63. The molecule has 23 heavy (non-hydrogen) atoms. The second-order valence-electron chi connectivity index (χ2n) is 6.00. The molecule has 8 heteroatoms. The van der Waals surface area contributed by atoms with Crippen LogP contribution in [0.3, 0.4) is 0 Å². The van der Waals surface area contributed by atoms with Gasteiger partial charge in [0.1, 0.15) is 6.04 Å². The number of carbonyl (C=O) groups is 3. The number of hydrogen-bond acceptors (Lipinski definition) is 5. The zero-order valence-corrected chi connectivity index (χ0v) is 14.2. The molecule has 0 aromatic carbocycles. The molecule has 126 valence electrons. The molecule has 1 aliphatic heterocycles. The van der Waals surface area contributed by atoms with Gasteiger partial charge in [-0.25, -0.2) is 4.98 Å². The summed E-state index contributed by atoms with van der Waals surface area (Å²) in [4.78, 5) is 39.1. The number of anilines is 1. The zero-order chi connectivity index (χ0) is 16.8. The standard InChI is InChI=1S/C15H22N4O3S/c1-9(2)5-6-16-13(21)7-10-8-23-15(17-10)19-14(22)11-3-4-12(20)18-11/h8-9,11H,3-7H2,1-2H3,(H,16,21)(H,18,20)(H,17,19,22). The van der Waals surface area contributed by atoms with Gasteiger partial charge in [-0.05, 0) is 18.8 Å². The molecule has 1 aromatic heterocycles. The lowest BCUT2D eigenvalue weighted by Gasteiger charge is -2.08. The molecule has 0 radical (unpaired) electrons. The lowest BCUT2D eigenvalue weighted by molar-refractivity contribution is -0.122. The van der Waals surface area contributed by atoms with Gasteiger partial charge in [-0.15, -0.1) is 11.3 Å². The Morgan fingerprint density at radius 1 is 1.48 bits per heavy atom. The quantitative estimate of drug-likeness (QED) is 0.692. The molecule has 2 rings (SSSR count). The van der Waals surface area contributed by atoms with E-state index < -0.39 is 6.04 Å². The van der Waals surface area contributed by atoms with Crippen molar-refractivity contribution in [1.29, 1.82) is 0 Å². The molecule has 0 aliphatic carbocycles. The van der Waals surface area contributed by atoms with Crippen molar-refractivity contribution in [2.45, 2.75) is 45.6 Å². The van der Waals surface area contributed by atoms with E-state index in [4.69, 9.17) is 0 Å². The van der Waals surface area contributed by atoms with E-state index in [2.05, 4.69) is 34.8 Å². The van der Waals surface area contributed by atoms with E-state index in [1.54, 1.807) is 5.38 Å². The Bertz CT molecular complexity index is 585. The Balaban J connectivity index is 1.77. The summed E-state index contributed by atoms with van der Waals surface area (Å²) < 4.78 is 0. The number of carbonyl (C=O) groups excluding carboxylic acids is 3. The van der Waals surface area contributed by atoms with E-state index in [1.807, 2.05) is 0 Å². The molecule has 3 amide bonds. The SMILES string of the molecule is CC(C)CCNC(=O)Cc1csc(NC(=O)C2CCC(=O)N2)n1. The van der Waals surface area contributed by atoms with Gasteiger partial charge in [0.15, 0.2) is 5.13 Å². The summed E-state index contributed by atoms with van der Waals surface area (Å²) in [6, 6.07) is -0.491. The van der Waals surface area contributed by atoms with Crippen LogP contribution in [0.4, 0.5) is 5.13 Å². The second-order valence-corrected chi connectivity index (χ2v) is 6.86. The maximum atomic E-state index is 12.0. The van der Waals surface area contributed by atoms with Gasteiger partial charge in [0, 0.05) is 18.3 Å². The van der Waals surface area contributed by atoms with Gasteiger partial charge in [0.2, 0.25) is 17.7 Å². The van der Waals surface area contributed by atoms with Gasteiger partial charge in [-0.3, -0.25) is 14.4 Å². The van der Waals surface area contributed by atoms with Crippen LogP contribution in [-0.4, -0.2) is 35.3 Å². The largest absolute Gasteiger partial charge is 0.356 e. The summed E-state index contributed by atoms with van der Waals surface area (Å²) in [7, 11) is 0. The topological polar surface area (TPSA) is 100 Å².